The average Bonchev–Trinajstić information content (AvgIpc) is 2.23. The molecule has 0 unspecified atom stereocenters. The Balaban J connectivity index is 2.24. The number of hydrogen-bond acceptors (Lipinski definition) is 3. The number of aryl methyl sites for hydroxylation is 1. The van der Waals surface area contributed by atoms with Crippen LogP contribution < -0.4 is 0 Å². The molecule has 0 aromatic carbocycles. The van der Waals surface area contributed by atoms with E-state index in [1.165, 1.54) is 5.56 Å². The van der Waals surface area contributed by atoms with Gasteiger partial charge in [-0.3, -0.25) is 15.0 Å². The van der Waals surface area contributed by atoms with E-state index in [0.717, 1.165) is 17.8 Å². The quantitative estimate of drug-likeness (QED) is 0.715. The van der Waals surface area contributed by atoms with Gasteiger partial charge in [-0.15, -0.1) is 0 Å². The molecule has 0 radical (unpaired) electrons. The molecule has 2 aromatic heterocycles. The van der Waals surface area contributed by atoms with Gasteiger partial charge in [-0.1, -0.05) is 0 Å². The molecule has 3 heteroatoms. The molecule has 0 aliphatic carbocycles. The van der Waals surface area contributed by atoms with Crippen LogP contribution >= 0.6 is 0 Å². The number of aromatic nitrogens is 3. The third-order valence-electron chi connectivity index (χ3n) is 2.10. The van der Waals surface area contributed by atoms with E-state index in [1.807, 2.05) is 19.1 Å². The smallest absolute Gasteiger partial charge is 0.0659 e. The molecule has 0 fully saturated rings. The topological polar surface area (TPSA) is 38.7 Å². The van der Waals surface area contributed by atoms with Gasteiger partial charge in [-0.2, -0.15) is 0 Å². The Hall–Kier alpha value is -1.77. The standard InChI is InChI=1S/C11H11N3/c1-9-11(14-7-6-13-9)8-10-2-4-12-5-3-10/h2-7H,8H2,1H3. The first-order valence-corrected chi connectivity index (χ1v) is 4.51. The molecule has 0 saturated carbocycles. The average molecular weight is 185 g/mol. The Morgan fingerprint density at radius 1 is 1.00 bits per heavy atom. The van der Waals surface area contributed by atoms with Gasteiger partial charge in [0.05, 0.1) is 11.4 Å². The maximum absolute atomic E-state index is 4.29. The lowest BCUT2D eigenvalue weighted by Gasteiger charge is -2.02. The van der Waals surface area contributed by atoms with E-state index in [9.17, 15) is 0 Å². The Kier molecular flexibility index (Phi) is 2.49. The van der Waals surface area contributed by atoms with Crippen molar-refractivity contribution in [3.8, 4) is 0 Å². The van der Waals surface area contributed by atoms with Crippen LogP contribution in [0.1, 0.15) is 17.0 Å². The van der Waals surface area contributed by atoms with Gasteiger partial charge in [0.15, 0.2) is 0 Å². The van der Waals surface area contributed by atoms with Crippen molar-refractivity contribution in [1.82, 2.24) is 15.0 Å². The van der Waals surface area contributed by atoms with Crippen molar-refractivity contribution in [2.75, 3.05) is 0 Å². The normalized spacial score (nSPS) is 10.1. The van der Waals surface area contributed by atoms with E-state index in [2.05, 4.69) is 15.0 Å². The van der Waals surface area contributed by atoms with Crippen molar-refractivity contribution in [2.45, 2.75) is 13.3 Å². The van der Waals surface area contributed by atoms with Crippen LogP contribution in [0.3, 0.4) is 0 Å². The highest BCUT2D eigenvalue weighted by Gasteiger charge is 2.00. The number of hydrogen-bond donors (Lipinski definition) is 0. The SMILES string of the molecule is Cc1nccnc1Cc1ccncc1. The molecule has 0 aliphatic rings. The summed E-state index contributed by atoms with van der Waals surface area (Å²) in [6.07, 6.45) is 7.85. The molecule has 14 heavy (non-hydrogen) atoms. The lowest BCUT2D eigenvalue weighted by Crippen LogP contribution is -1.97. The van der Waals surface area contributed by atoms with Crippen LogP contribution in [-0.4, -0.2) is 15.0 Å². The molecular weight excluding hydrogens is 174 g/mol. The van der Waals surface area contributed by atoms with Crippen LogP contribution in [0.25, 0.3) is 0 Å². The Bertz CT molecular complexity index is 412. The first-order chi connectivity index (χ1) is 6.86. The van der Waals surface area contributed by atoms with Crippen LogP contribution in [0.5, 0.6) is 0 Å². The van der Waals surface area contributed by atoms with Gasteiger partial charge in [0.2, 0.25) is 0 Å². The third-order valence-corrected chi connectivity index (χ3v) is 2.10. The lowest BCUT2D eigenvalue weighted by molar-refractivity contribution is 0.979. The highest BCUT2D eigenvalue weighted by atomic mass is 14.8. The van der Waals surface area contributed by atoms with Gasteiger partial charge < -0.3 is 0 Å². The van der Waals surface area contributed by atoms with Gasteiger partial charge in [-0.05, 0) is 24.6 Å². The van der Waals surface area contributed by atoms with Crippen LogP contribution in [0.2, 0.25) is 0 Å². The molecule has 0 N–H and O–H groups in total. The summed E-state index contributed by atoms with van der Waals surface area (Å²) in [4.78, 5) is 12.5. The lowest BCUT2D eigenvalue weighted by atomic mass is 10.1. The summed E-state index contributed by atoms with van der Waals surface area (Å²) >= 11 is 0. The Labute approximate surface area is 82.9 Å². The van der Waals surface area contributed by atoms with E-state index in [4.69, 9.17) is 0 Å². The highest BCUT2D eigenvalue weighted by molar-refractivity contribution is 5.20. The molecular formula is C11H11N3. The zero-order valence-electron chi connectivity index (χ0n) is 8.01. The zero-order valence-corrected chi connectivity index (χ0v) is 8.01. The summed E-state index contributed by atoms with van der Waals surface area (Å²) in [6.45, 7) is 1.98. The maximum Gasteiger partial charge on any atom is 0.0659 e. The highest BCUT2D eigenvalue weighted by Crippen LogP contribution is 2.07. The van der Waals surface area contributed by atoms with E-state index in [0.29, 0.717) is 0 Å². The molecule has 0 spiro atoms. The van der Waals surface area contributed by atoms with E-state index >= 15 is 0 Å². The van der Waals surface area contributed by atoms with Crippen LogP contribution in [0.15, 0.2) is 36.9 Å². The third kappa shape index (κ3) is 1.93. The Morgan fingerprint density at radius 2 is 1.71 bits per heavy atom. The number of nitrogens with zero attached hydrogens (tertiary/aromatic N) is 3. The van der Waals surface area contributed by atoms with Gasteiger partial charge >= 0.3 is 0 Å². The van der Waals surface area contributed by atoms with Crippen LogP contribution in [-0.2, 0) is 6.42 Å². The van der Waals surface area contributed by atoms with Crippen molar-refractivity contribution >= 4 is 0 Å². The summed E-state index contributed by atoms with van der Waals surface area (Å²) in [5, 5.41) is 0. The van der Waals surface area contributed by atoms with E-state index in [1.54, 1.807) is 24.8 Å². The Morgan fingerprint density at radius 3 is 2.43 bits per heavy atom. The molecule has 70 valence electrons. The minimum atomic E-state index is 0.822. The predicted octanol–water partition coefficient (Wildman–Crippen LogP) is 1.77. The zero-order chi connectivity index (χ0) is 9.80. The van der Waals surface area contributed by atoms with E-state index < -0.39 is 0 Å². The maximum atomic E-state index is 4.29. The van der Waals surface area contributed by atoms with Crippen molar-refractivity contribution in [3.63, 3.8) is 0 Å². The molecule has 0 saturated heterocycles. The molecule has 2 heterocycles. The fraction of sp³-hybridized carbons (Fsp3) is 0.182. The number of pyridine rings is 1. The largest absolute Gasteiger partial charge is 0.265 e. The van der Waals surface area contributed by atoms with Gasteiger partial charge in [0.1, 0.15) is 0 Å². The van der Waals surface area contributed by atoms with Crippen LogP contribution in [0, 0.1) is 6.92 Å². The molecule has 0 aliphatic heterocycles. The molecule has 0 bridgehead atoms. The molecule has 2 rings (SSSR count). The van der Waals surface area contributed by atoms with E-state index in [-0.39, 0.29) is 0 Å². The van der Waals surface area contributed by atoms with Gasteiger partial charge in [-0.25, -0.2) is 0 Å². The second-order valence-corrected chi connectivity index (χ2v) is 3.12. The summed E-state index contributed by atoms with van der Waals surface area (Å²) in [5.74, 6) is 0. The minimum absolute atomic E-state index is 0.822. The molecule has 0 amide bonds. The monoisotopic (exact) mass is 185 g/mol. The number of rotatable bonds is 2. The minimum Gasteiger partial charge on any atom is -0.265 e. The van der Waals surface area contributed by atoms with Gasteiger partial charge in [0.25, 0.3) is 0 Å². The predicted molar refractivity (Wildman–Crippen MR) is 53.8 cm³/mol. The van der Waals surface area contributed by atoms with Crippen molar-refractivity contribution in [2.24, 2.45) is 0 Å². The second-order valence-electron chi connectivity index (χ2n) is 3.12. The fourth-order valence-corrected chi connectivity index (χ4v) is 1.30. The van der Waals surface area contributed by atoms with Crippen molar-refractivity contribution in [1.29, 1.82) is 0 Å². The molecule has 0 atom stereocenters. The fourth-order valence-electron chi connectivity index (χ4n) is 1.30. The summed E-state index contributed by atoms with van der Waals surface area (Å²) in [7, 11) is 0. The van der Waals surface area contributed by atoms with Crippen LogP contribution in [0.4, 0.5) is 0 Å². The molecule has 3 nitrogen and oxygen atoms in total. The van der Waals surface area contributed by atoms with Crippen molar-refractivity contribution < 1.29 is 0 Å². The van der Waals surface area contributed by atoms with Crippen molar-refractivity contribution in [3.05, 3.63) is 53.9 Å². The summed E-state index contributed by atoms with van der Waals surface area (Å²) in [6, 6.07) is 3.99. The molecule has 2 aromatic rings. The first-order valence-electron chi connectivity index (χ1n) is 4.51. The second kappa shape index (κ2) is 3.96. The summed E-state index contributed by atoms with van der Waals surface area (Å²) in [5.41, 5.74) is 3.23. The summed E-state index contributed by atoms with van der Waals surface area (Å²) < 4.78 is 0. The van der Waals surface area contributed by atoms with Gasteiger partial charge in [0, 0.05) is 31.2 Å². The first kappa shape index (κ1) is 8.81.